The first-order chi connectivity index (χ1) is 13.5. The summed E-state index contributed by atoms with van der Waals surface area (Å²) in [4.78, 5) is 13.6. The summed E-state index contributed by atoms with van der Waals surface area (Å²) in [5, 5.41) is 16.9. The van der Waals surface area contributed by atoms with Gasteiger partial charge in [0.2, 0.25) is 0 Å². The van der Waals surface area contributed by atoms with Gasteiger partial charge in [-0.3, -0.25) is 15.0 Å². The highest BCUT2D eigenvalue weighted by molar-refractivity contribution is 5.69. The van der Waals surface area contributed by atoms with Gasteiger partial charge in [0.1, 0.15) is 0 Å². The number of fused-ring (bicyclic) bond motifs is 1. The van der Waals surface area contributed by atoms with Gasteiger partial charge >= 0.3 is 5.97 Å². The first kappa shape index (κ1) is 22.0. The third-order valence-corrected chi connectivity index (χ3v) is 7.88. The minimum Gasteiger partial charge on any atom is -0.481 e. The van der Waals surface area contributed by atoms with Crippen molar-refractivity contribution in [3.63, 3.8) is 0 Å². The van der Waals surface area contributed by atoms with Crippen LogP contribution in [0.25, 0.3) is 0 Å². The second-order valence-corrected chi connectivity index (χ2v) is 9.96. The van der Waals surface area contributed by atoms with Crippen molar-refractivity contribution in [2.75, 3.05) is 26.7 Å². The molecule has 2 heterocycles. The van der Waals surface area contributed by atoms with E-state index in [-0.39, 0.29) is 5.92 Å². The van der Waals surface area contributed by atoms with E-state index in [1.54, 1.807) is 0 Å². The van der Waals surface area contributed by atoms with Crippen LogP contribution in [0.4, 0.5) is 0 Å². The Bertz CT molecular complexity index is 494. The molecule has 3 N–H and O–H groups in total. The summed E-state index contributed by atoms with van der Waals surface area (Å²) in [6.45, 7) is 7.11. The Morgan fingerprint density at radius 1 is 1.21 bits per heavy atom. The lowest BCUT2D eigenvalue weighted by atomic mass is 9.63. The summed E-state index contributed by atoms with van der Waals surface area (Å²) >= 11 is 0. The Morgan fingerprint density at radius 2 is 2.04 bits per heavy atom. The van der Waals surface area contributed by atoms with E-state index in [2.05, 4.69) is 29.5 Å². The maximum absolute atomic E-state index is 11.3. The van der Waals surface area contributed by atoms with E-state index in [9.17, 15) is 9.90 Å². The number of hydrogen-bond donors (Lipinski definition) is 3. The largest absolute Gasteiger partial charge is 0.481 e. The molecule has 7 atom stereocenters. The van der Waals surface area contributed by atoms with E-state index >= 15 is 0 Å². The van der Waals surface area contributed by atoms with E-state index in [4.69, 9.17) is 0 Å². The predicted molar refractivity (Wildman–Crippen MR) is 114 cm³/mol. The summed E-state index contributed by atoms with van der Waals surface area (Å²) in [5.41, 5.74) is 0. The molecule has 0 radical (unpaired) electrons. The Kier molecular flexibility index (Phi) is 8.19. The molecule has 3 aliphatic rings. The van der Waals surface area contributed by atoms with Crippen LogP contribution < -0.4 is 10.6 Å². The van der Waals surface area contributed by atoms with Gasteiger partial charge in [0.05, 0.1) is 12.1 Å². The molecule has 3 rings (SSSR count). The van der Waals surface area contributed by atoms with E-state index in [0.717, 1.165) is 23.7 Å². The fraction of sp³-hybridized carbons (Fsp3) is 0.957. The summed E-state index contributed by atoms with van der Waals surface area (Å²) in [6.07, 6.45) is 12.3. The fourth-order valence-corrected chi connectivity index (χ4v) is 6.21. The van der Waals surface area contributed by atoms with Crippen molar-refractivity contribution < 1.29 is 9.90 Å². The Balaban J connectivity index is 1.69. The van der Waals surface area contributed by atoms with Crippen LogP contribution in [-0.4, -0.2) is 54.9 Å². The standard InChI is InChI=1S/C23H43N3O2/c1-4-5-7-17-9-10-21-20(12-17)19(18-8-6-11-24-14-18)13-22(25-21)26(3)15-16(2)23(27)28/h16-22,24-25H,4-15H2,1-3H3,(H,27,28). The normalized spacial score (nSPS) is 37.4. The number of rotatable bonds is 8. The maximum Gasteiger partial charge on any atom is 0.307 e. The first-order valence-electron chi connectivity index (χ1n) is 11.9. The number of aliphatic carboxylic acids is 1. The number of piperidine rings is 2. The Labute approximate surface area is 172 Å². The van der Waals surface area contributed by atoms with Crippen molar-refractivity contribution >= 4 is 5.97 Å². The molecule has 0 bridgehead atoms. The highest BCUT2D eigenvalue weighted by Gasteiger charge is 2.44. The number of unbranched alkanes of at least 4 members (excludes halogenated alkanes) is 1. The molecule has 28 heavy (non-hydrogen) atoms. The smallest absolute Gasteiger partial charge is 0.307 e. The summed E-state index contributed by atoms with van der Waals surface area (Å²) in [7, 11) is 2.11. The molecular formula is C23H43N3O2. The Hall–Kier alpha value is -0.650. The third kappa shape index (κ3) is 5.48. The van der Waals surface area contributed by atoms with Gasteiger partial charge in [-0.1, -0.05) is 33.1 Å². The monoisotopic (exact) mass is 393 g/mol. The van der Waals surface area contributed by atoms with Gasteiger partial charge in [-0.05, 0) is 82.3 Å². The highest BCUT2D eigenvalue weighted by atomic mass is 16.4. The van der Waals surface area contributed by atoms with Gasteiger partial charge < -0.3 is 10.4 Å². The minimum absolute atomic E-state index is 0.316. The summed E-state index contributed by atoms with van der Waals surface area (Å²) in [6, 6.07) is 0.617. The molecule has 1 aliphatic carbocycles. The second-order valence-electron chi connectivity index (χ2n) is 9.96. The molecule has 7 unspecified atom stereocenters. The van der Waals surface area contributed by atoms with Crippen LogP contribution in [0, 0.1) is 29.6 Å². The zero-order valence-electron chi connectivity index (χ0n) is 18.3. The lowest BCUT2D eigenvalue weighted by Gasteiger charge is -2.52. The number of carboxylic acids is 1. The molecule has 5 nitrogen and oxygen atoms in total. The van der Waals surface area contributed by atoms with Crippen LogP contribution >= 0.6 is 0 Å². The molecule has 1 saturated carbocycles. The molecule has 0 amide bonds. The molecule has 0 aromatic carbocycles. The lowest BCUT2D eigenvalue weighted by molar-refractivity contribution is -0.142. The van der Waals surface area contributed by atoms with Gasteiger partial charge in [0, 0.05) is 12.6 Å². The van der Waals surface area contributed by atoms with Crippen molar-refractivity contribution in [1.82, 2.24) is 15.5 Å². The van der Waals surface area contributed by atoms with Crippen molar-refractivity contribution in [2.45, 2.75) is 83.8 Å². The van der Waals surface area contributed by atoms with Crippen molar-refractivity contribution in [2.24, 2.45) is 29.6 Å². The third-order valence-electron chi connectivity index (χ3n) is 7.88. The van der Waals surface area contributed by atoms with Gasteiger partial charge in [-0.15, -0.1) is 0 Å². The van der Waals surface area contributed by atoms with Gasteiger partial charge in [0.25, 0.3) is 0 Å². The number of carboxylic acid groups (broad SMARTS) is 1. The molecule has 0 aromatic heterocycles. The average molecular weight is 394 g/mol. The van der Waals surface area contributed by atoms with E-state index in [1.165, 1.54) is 70.9 Å². The van der Waals surface area contributed by atoms with Crippen LogP contribution in [0.5, 0.6) is 0 Å². The van der Waals surface area contributed by atoms with Crippen molar-refractivity contribution in [3.05, 3.63) is 0 Å². The van der Waals surface area contributed by atoms with Crippen LogP contribution in [0.3, 0.4) is 0 Å². The number of nitrogens with one attached hydrogen (secondary N) is 2. The number of carbonyl (C=O) groups is 1. The zero-order chi connectivity index (χ0) is 20.1. The van der Waals surface area contributed by atoms with Crippen molar-refractivity contribution in [1.29, 1.82) is 0 Å². The van der Waals surface area contributed by atoms with Crippen LogP contribution in [0.15, 0.2) is 0 Å². The predicted octanol–water partition coefficient (Wildman–Crippen LogP) is 3.55. The van der Waals surface area contributed by atoms with Crippen molar-refractivity contribution in [3.8, 4) is 0 Å². The molecule has 0 aromatic rings. The second kappa shape index (κ2) is 10.4. The number of hydrogen-bond acceptors (Lipinski definition) is 4. The lowest BCUT2D eigenvalue weighted by Crippen LogP contribution is -2.61. The molecule has 2 saturated heterocycles. The van der Waals surface area contributed by atoms with Gasteiger partial charge in [-0.25, -0.2) is 0 Å². The van der Waals surface area contributed by atoms with Crippen LogP contribution in [0.1, 0.15) is 71.6 Å². The summed E-state index contributed by atoms with van der Waals surface area (Å²) in [5.74, 6) is 2.29. The van der Waals surface area contributed by atoms with Gasteiger partial charge in [0.15, 0.2) is 0 Å². The molecule has 2 aliphatic heterocycles. The van der Waals surface area contributed by atoms with E-state index in [0.29, 0.717) is 18.8 Å². The van der Waals surface area contributed by atoms with E-state index in [1.807, 2.05) is 6.92 Å². The molecule has 162 valence electrons. The fourth-order valence-electron chi connectivity index (χ4n) is 6.21. The first-order valence-corrected chi connectivity index (χ1v) is 11.9. The van der Waals surface area contributed by atoms with E-state index < -0.39 is 5.97 Å². The quantitative estimate of drug-likeness (QED) is 0.589. The Morgan fingerprint density at radius 3 is 2.71 bits per heavy atom. The van der Waals surface area contributed by atoms with Gasteiger partial charge in [-0.2, -0.15) is 0 Å². The zero-order valence-corrected chi connectivity index (χ0v) is 18.3. The topological polar surface area (TPSA) is 64.6 Å². The number of nitrogens with zero attached hydrogens (tertiary/aromatic N) is 1. The molecule has 3 fully saturated rings. The minimum atomic E-state index is -0.690. The summed E-state index contributed by atoms with van der Waals surface area (Å²) < 4.78 is 0. The molecule has 0 spiro atoms. The van der Waals surface area contributed by atoms with Crippen LogP contribution in [-0.2, 0) is 4.79 Å². The molecule has 5 heteroatoms. The average Bonchev–Trinajstić information content (AvgIpc) is 2.71. The van der Waals surface area contributed by atoms with Crippen LogP contribution in [0.2, 0.25) is 0 Å². The highest BCUT2D eigenvalue weighted by Crippen LogP contribution is 2.45. The SMILES string of the molecule is CCCCC1CCC2NC(N(C)CC(C)C(=O)O)CC(C3CCCNC3)C2C1. The molecular weight excluding hydrogens is 350 g/mol. The maximum atomic E-state index is 11.3.